The second-order valence-electron chi connectivity index (χ2n) is 5.28. The van der Waals surface area contributed by atoms with Gasteiger partial charge in [0.05, 0.1) is 11.9 Å². The zero-order chi connectivity index (χ0) is 14.7. The summed E-state index contributed by atoms with van der Waals surface area (Å²) in [7, 11) is 0. The van der Waals surface area contributed by atoms with E-state index in [1.165, 1.54) is 0 Å². The van der Waals surface area contributed by atoms with Gasteiger partial charge in [0.15, 0.2) is 5.82 Å². The molecule has 21 heavy (non-hydrogen) atoms. The van der Waals surface area contributed by atoms with E-state index in [-0.39, 0.29) is 0 Å². The van der Waals surface area contributed by atoms with Crippen molar-refractivity contribution in [3.8, 4) is 0 Å². The second kappa shape index (κ2) is 5.90. The molecule has 0 radical (unpaired) electrons. The summed E-state index contributed by atoms with van der Waals surface area (Å²) in [6.45, 7) is 5.95. The summed E-state index contributed by atoms with van der Waals surface area (Å²) in [5, 5.41) is 15.7. The van der Waals surface area contributed by atoms with Crippen LogP contribution in [0.5, 0.6) is 0 Å². The van der Waals surface area contributed by atoms with Crippen molar-refractivity contribution in [3.63, 3.8) is 0 Å². The average Bonchev–Trinajstić information content (AvgIpc) is 3.12. The Kier molecular flexibility index (Phi) is 3.81. The molecule has 0 saturated heterocycles. The van der Waals surface area contributed by atoms with Gasteiger partial charge in [0.1, 0.15) is 5.52 Å². The number of hydrogen-bond donors (Lipinski definition) is 1. The van der Waals surface area contributed by atoms with E-state index < -0.39 is 0 Å². The van der Waals surface area contributed by atoms with Gasteiger partial charge in [-0.15, -0.1) is 5.10 Å². The van der Waals surface area contributed by atoms with E-state index in [4.69, 9.17) is 0 Å². The third kappa shape index (κ3) is 3.01. The van der Waals surface area contributed by atoms with Crippen LogP contribution in [0.1, 0.15) is 31.9 Å². The highest BCUT2D eigenvalue weighted by molar-refractivity contribution is 5.67. The van der Waals surface area contributed by atoms with Gasteiger partial charge in [-0.25, -0.2) is 9.50 Å². The maximum atomic E-state index is 4.56. The van der Waals surface area contributed by atoms with Crippen LogP contribution in [0.15, 0.2) is 30.9 Å². The van der Waals surface area contributed by atoms with Crippen LogP contribution in [0.4, 0.5) is 5.82 Å². The SMILES string of the molecule is CC(C)c1cc2c(NCCCn3ccnn3)nccn2n1. The van der Waals surface area contributed by atoms with Gasteiger partial charge in [0.2, 0.25) is 0 Å². The summed E-state index contributed by atoms with van der Waals surface area (Å²) in [5.41, 5.74) is 2.09. The number of aromatic nitrogens is 6. The van der Waals surface area contributed by atoms with Crippen LogP contribution < -0.4 is 5.32 Å². The number of nitrogens with zero attached hydrogens (tertiary/aromatic N) is 6. The second-order valence-corrected chi connectivity index (χ2v) is 5.28. The van der Waals surface area contributed by atoms with Crippen molar-refractivity contribution in [2.75, 3.05) is 11.9 Å². The third-order valence-electron chi connectivity index (χ3n) is 3.33. The van der Waals surface area contributed by atoms with E-state index in [0.717, 1.165) is 36.5 Å². The molecule has 3 aromatic rings. The number of rotatable bonds is 6. The van der Waals surface area contributed by atoms with Gasteiger partial charge >= 0.3 is 0 Å². The number of hydrogen-bond acceptors (Lipinski definition) is 5. The predicted molar refractivity (Wildman–Crippen MR) is 80.2 cm³/mol. The van der Waals surface area contributed by atoms with E-state index in [0.29, 0.717) is 5.92 Å². The molecule has 0 unspecified atom stereocenters. The first-order valence-corrected chi connectivity index (χ1v) is 7.16. The molecular weight excluding hydrogens is 266 g/mol. The quantitative estimate of drug-likeness (QED) is 0.701. The molecule has 0 fully saturated rings. The molecule has 0 spiro atoms. The Morgan fingerprint density at radius 3 is 2.90 bits per heavy atom. The lowest BCUT2D eigenvalue weighted by atomic mass is 10.1. The van der Waals surface area contributed by atoms with E-state index in [1.807, 2.05) is 21.6 Å². The highest BCUT2D eigenvalue weighted by Gasteiger charge is 2.09. The average molecular weight is 285 g/mol. The van der Waals surface area contributed by atoms with Crippen molar-refractivity contribution in [3.05, 3.63) is 36.5 Å². The van der Waals surface area contributed by atoms with Crippen LogP contribution in [0, 0.1) is 0 Å². The third-order valence-corrected chi connectivity index (χ3v) is 3.33. The van der Waals surface area contributed by atoms with Crippen LogP contribution >= 0.6 is 0 Å². The summed E-state index contributed by atoms with van der Waals surface area (Å²) >= 11 is 0. The van der Waals surface area contributed by atoms with Crippen LogP contribution in [0.3, 0.4) is 0 Å². The molecule has 110 valence electrons. The Bertz CT molecular complexity index is 699. The number of nitrogens with one attached hydrogen (secondary N) is 1. The predicted octanol–water partition coefficient (Wildman–Crippen LogP) is 1.95. The fourth-order valence-electron chi connectivity index (χ4n) is 2.16. The molecule has 0 aliphatic carbocycles. The van der Waals surface area contributed by atoms with Gasteiger partial charge in [-0.05, 0) is 18.4 Å². The number of fused-ring (bicyclic) bond motifs is 1. The van der Waals surface area contributed by atoms with Crippen LogP contribution in [0.2, 0.25) is 0 Å². The normalized spacial score (nSPS) is 11.4. The monoisotopic (exact) mass is 285 g/mol. The lowest BCUT2D eigenvalue weighted by Crippen LogP contribution is -2.09. The number of anilines is 1. The summed E-state index contributed by atoms with van der Waals surface area (Å²) in [4.78, 5) is 4.41. The maximum Gasteiger partial charge on any atom is 0.152 e. The molecule has 0 atom stereocenters. The molecule has 0 aromatic carbocycles. The summed E-state index contributed by atoms with van der Waals surface area (Å²) < 4.78 is 3.70. The molecule has 0 bridgehead atoms. The van der Waals surface area contributed by atoms with Gasteiger partial charge in [-0.3, -0.25) is 4.68 Å². The largest absolute Gasteiger partial charge is 0.368 e. The van der Waals surface area contributed by atoms with E-state index in [9.17, 15) is 0 Å². The highest BCUT2D eigenvalue weighted by Crippen LogP contribution is 2.19. The molecule has 0 saturated carbocycles. The Hall–Kier alpha value is -2.44. The lowest BCUT2D eigenvalue weighted by molar-refractivity contribution is 0.569. The van der Waals surface area contributed by atoms with Gasteiger partial charge in [-0.1, -0.05) is 19.1 Å². The van der Waals surface area contributed by atoms with Gasteiger partial charge < -0.3 is 5.32 Å². The van der Waals surface area contributed by atoms with E-state index in [2.05, 4.69) is 45.6 Å². The van der Waals surface area contributed by atoms with Crippen LogP contribution in [-0.4, -0.2) is 36.1 Å². The molecule has 0 amide bonds. The number of aryl methyl sites for hydroxylation is 1. The molecule has 3 aromatic heterocycles. The van der Waals surface area contributed by atoms with Gasteiger partial charge in [0, 0.05) is 31.7 Å². The van der Waals surface area contributed by atoms with Crippen LogP contribution in [0.25, 0.3) is 5.52 Å². The standard InChI is InChI=1S/C14H19N7/c1-11(2)12-10-13-14(16-5-9-21(13)18-12)15-4-3-7-20-8-6-17-19-20/h5-6,8-11H,3-4,7H2,1-2H3,(H,15,16). The molecule has 7 nitrogen and oxygen atoms in total. The Balaban J connectivity index is 1.66. The minimum absolute atomic E-state index is 0.407. The van der Waals surface area contributed by atoms with Gasteiger partial charge in [-0.2, -0.15) is 5.10 Å². The first-order valence-electron chi connectivity index (χ1n) is 7.16. The van der Waals surface area contributed by atoms with Crippen molar-refractivity contribution < 1.29 is 0 Å². The zero-order valence-corrected chi connectivity index (χ0v) is 12.3. The fourth-order valence-corrected chi connectivity index (χ4v) is 2.16. The molecule has 3 heterocycles. The maximum absolute atomic E-state index is 4.56. The summed E-state index contributed by atoms with van der Waals surface area (Å²) in [6.07, 6.45) is 8.16. The van der Waals surface area contributed by atoms with Crippen molar-refractivity contribution in [1.29, 1.82) is 0 Å². The lowest BCUT2D eigenvalue weighted by Gasteiger charge is -2.06. The Morgan fingerprint density at radius 2 is 2.14 bits per heavy atom. The Morgan fingerprint density at radius 1 is 1.24 bits per heavy atom. The molecule has 0 aliphatic heterocycles. The minimum atomic E-state index is 0.407. The smallest absolute Gasteiger partial charge is 0.152 e. The van der Waals surface area contributed by atoms with E-state index >= 15 is 0 Å². The molecule has 0 aliphatic rings. The minimum Gasteiger partial charge on any atom is -0.368 e. The zero-order valence-electron chi connectivity index (χ0n) is 12.3. The molecule has 1 N–H and O–H groups in total. The first kappa shape index (κ1) is 13.5. The van der Waals surface area contributed by atoms with Gasteiger partial charge in [0.25, 0.3) is 0 Å². The summed E-state index contributed by atoms with van der Waals surface area (Å²) in [5.74, 6) is 1.28. The summed E-state index contributed by atoms with van der Waals surface area (Å²) in [6, 6.07) is 2.09. The first-order chi connectivity index (χ1) is 10.2. The molecule has 3 rings (SSSR count). The van der Waals surface area contributed by atoms with Crippen molar-refractivity contribution >= 4 is 11.3 Å². The van der Waals surface area contributed by atoms with Crippen molar-refractivity contribution in [2.24, 2.45) is 0 Å². The van der Waals surface area contributed by atoms with Crippen LogP contribution in [-0.2, 0) is 6.54 Å². The Labute approximate surface area is 123 Å². The van der Waals surface area contributed by atoms with Crippen molar-refractivity contribution in [2.45, 2.75) is 32.7 Å². The molecule has 7 heteroatoms. The van der Waals surface area contributed by atoms with Crippen molar-refractivity contribution in [1.82, 2.24) is 29.6 Å². The fraction of sp³-hybridized carbons (Fsp3) is 0.429. The topological polar surface area (TPSA) is 72.9 Å². The molecular formula is C14H19N7. The van der Waals surface area contributed by atoms with E-state index in [1.54, 1.807) is 12.4 Å². The highest BCUT2D eigenvalue weighted by atomic mass is 15.4.